The predicted octanol–water partition coefficient (Wildman–Crippen LogP) is 1.26. The number of amides is 2. The summed E-state index contributed by atoms with van der Waals surface area (Å²) in [5.74, 6) is -1.90. The van der Waals surface area contributed by atoms with E-state index in [9.17, 15) is 14.4 Å². The zero-order valence-corrected chi connectivity index (χ0v) is 11.9. The third kappa shape index (κ3) is 3.34. The van der Waals surface area contributed by atoms with Crippen molar-refractivity contribution in [2.75, 3.05) is 11.9 Å². The van der Waals surface area contributed by atoms with Crippen molar-refractivity contribution in [3.8, 4) is 0 Å². The number of carboxylic acid groups (broad SMARTS) is 1. The van der Waals surface area contributed by atoms with Crippen LogP contribution in [0.4, 0.5) is 5.69 Å². The number of carbonyl (C=O) groups is 3. The van der Waals surface area contributed by atoms with Gasteiger partial charge in [0.2, 0.25) is 5.91 Å². The minimum atomic E-state index is -1.39. The highest BCUT2D eigenvalue weighted by Gasteiger charge is 2.30. The first-order chi connectivity index (χ1) is 9.16. The van der Waals surface area contributed by atoms with Crippen molar-refractivity contribution in [3.05, 3.63) is 29.8 Å². The summed E-state index contributed by atoms with van der Waals surface area (Å²) in [6.07, 6.45) is 0. The quantitative estimate of drug-likeness (QED) is 0.868. The van der Waals surface area contributed by atoms with Gasteiger partial charge in [-0.25, -0.2) is 4.79 Å². The average Bonchev–Trinajstić information content (AvgIpc) is 2.37. The molecule has 0 fully saturated rings. The number of nitrogens with one attached hydrogen (secondary N) is 1. The van der Waals surface area contributed by atoms with Crippen molar-refractivity contribution in [2.24, 2.45) is 0 Å². The molecule has 6 nitrogen and oxygen atoms in total. The summed E-state index contributed by atoms with van der Waals surface area (Å²) in [7, 11) is 1.55. The van der Waals surface area contributed by atoms with E-state index in [-0.39, 0.29) is 11.5 Å². The Hall–Kier alpha value is -2.37. The maximum absolute atomic E-state index is 12.2. The Kier molecular flexibility index (Phi) is 4.49. The first kappa shape index (κ1) is 15.7. The maximum Gasteiger partial charge on any atom is 0.328 e. The molecule has 0 radical (unpaired) electrons. The molecule has 0 aliphatic rings. The molecule has 0 unspecified atom stereocenters. The summed E-state index contributed by atoms with van der Waals surface area (Å²) in [4.78, 5) is 36.0. The molecule has 2 amide bonds. The fourth-order valence-corrected chi connectivity index (χ4v) is 1.53. The largest absolute Gasteiger partial charge is 0.480 e. The second kappa shape index (κ2) is 5.73. The molecule has 1 rings (SSSR count). The van der Waals surface area contributed by atoms with Crippen molar-refractivity contribution in [1.82, 2.24) is 5.32 Å². The number of hydrogen-bond donors (Lipinski definition) is 2. The van der Waals surface area contributed by atoms with Gasteiger partial charge in [-0.3, -0.25) is 9.59 Å². The van der Waals surface area contributed by atoms with E-state index in [1.807, 2.05) is 0 Å². The standard InChI is InChI=1S/C14H18N2O4/c1-9(17)16(4)11-8-6-5-7-10(11)12(18)15-14(2,3)13(19)20/h5-8H,1-4H3,(H,15,18)(H,19,20). The molecule has 0 saturated heterocycles. The second-order valence-electron chi connectivity index (χ2n) is 4.98. The lowest BCUT2D eigenvalue weighted by atomic mass is 10.0. The molecule has 6 heteroatoms. The first-order valence-corrected chi connectivity index (χ1v) is 6.06. The predicted molar refractivity (Wildman–Crippen MR) is 74.7 cm³/mol. The number of rotatable bonds is 4. The minimum Gasteiger partial charge on any atom is -0.480 e. The van der Waals surface area contributed by atoms with Gasteiger partial charge in [0.1, 0.15) is 5.54 Å². The van der Waals surface area contributed by atoms with Crippen LogP contribution >= 0.6 is 0 Å². The van der Waals surface area contributed by atoms with Crippen molar-refractivity contribution >= 4 is 23.5 Å². The van der Waals surface area contributed by atoms with Gasteiger partial charge in [0.15, 0.2) is 0 Å². The van der Waals surface area contributed by atoms with Crippen LogP contribution in [0.15, 0.2) is 24.3 Å². The summed E-state index contributed by atoms with van der Waals surface area (Å²) in [6.45, 7) is 4.17. The first-order valence-electron chi connectivity index (χ1n) is 6.06. The minimum absolute atomic E-state index is 0.220. The number of hydrogen-bond acceptors (Lipinski definition) is 3. The molecule has 0 bridgehead atoms. The van der Waals surface area contributed by atoms with Crippen LogP contribution in [0.5, 0.6) is 0 Å². The zero-order valence-electron chi connectivity index (χ0n) is 11.9. The molecule has 20 heavy (non-hydrogen) atoms. The zero-order chi connectivity index (χ0) is 15.5. The number of nitrogens with zero attached hydrogens (tertiary/aromatic N) is 1. The fraction of sp³-hybridized carbons (Fsp3) is 0.357. The number of anilines is 1. The lowest BCUT2D eigenvalue weighted by molar-refractivity contribution is -0.143. The topological polar surface area (TPSA) is 86.7 Å². The monoisotopic (exact) mass is 278 g/mol. The van der Waals surface area contributed by atoms with E-state index in [1.54, 1.807) is 31.3 Å². The lowest BCUT2D eigenvalue weighted by Crippen LogP contribution is -2.49. The van der Waals surface area contributed by atoms with Crippen molar-refractivity contribution in [1.29, 1.82) is 0 Å². The van der Waals surface area contributed by atoms with Gasteiger partial charge in [0.05, 0.1) is 11.3 Å². The normalized spacial score (nSPS) is 10.8. The van der Waals surface area contributed by atoms with Crippen LogP contribution in [0.1, 0.15) is 31.1 Å². The molecule has 0 aromatic heterocycles. The van der Waals surface area contributed by atoms with Gasteiger partial charge in [-0.1, -0.05) is 12.1 Å². The lowest BCUT2D eigenvalue weighted by Gasteiger charge is -2.23. The van der Waals surface area contributed by atoms with Crippen LogP contribution in [0.2, 0.25) is 0 Å². The fourth-order valence-electron chi connectivity index (χ4n) is 1.53. The Labute approximate surface area is 117 Å². The van der Waals surface area contributed by atoms with Gasteiger partial charge >= 0.3 is 5.97 Å². The third-order valence-electron chi connectivity index (χ3n) is 2.94. The van der Waals surface area contributed by atoms with Crippen LogP contribution < -0.4 is 10.2 Å². The summed E-state index contributed by atoms with van der Waals surface area (Å²) in [5, 5.41) is 11.5. The Balaban J connectivity index is 3.12. The van der Waals surface area contributed by atoms with Gasteiger partial charge in [-0.05, 0) is 26.0 Å². The van der Waals surface area contributed by atoms with Gasteiger partial charge in [-0.2, -0.15) is 0 Å². The van der Waals surface area contributed by atoms with Crippen LogP contribution in [-0.2, 0) is 9.59 Å². The van der Waals surface area contributed by atoms with E-state index in [0.29, 0.717) is 5.69 Å². The molecule has 108 valence electrons. The molecule has 2 N–H and O–H groups in total. The summed E-state index contributed by atoms with van der Waals surface area (Å²) in [5.41, 5.74) is -0.711. The Morgan fingerprint density at radius 3 is 2.25 bits per heavy atom. The van der Waals surface area contributed by atoms with E-state index in [0.717, 1.165) is 0 Å². The third-order valence-corrected chi connectivity index (χ3v) is 2.94. The van der Waals surface area contributed by atoms with E-state index in [1.165, 1.54) is 25.7 Å². The molecule has 0 atom stereocenters. The molecule has 0 aliphatic heterocycles. The molecule has 1 aromatic carbocycles. The Morgan fingerprint density at radius 1 is 1.20 bits per heavy atom. The van der Waals surface area contributed by atoms with Crippen molar-refractivity contribution in [2.45, 2.75) is 26.3 Å². The van der Waals surface area contributed by atoms with Gasteiger partial charge in [0.25, 0.3) is 5.91 Å². The van der Waals surface area contributed by atoms with E-state index in [4.69, 9.17) is 5.11 Å². The Morgan fingerprint density at radius 2 is 1.75 bits per heavy atom. The van der Waals surface area contributed by atoms with Crippen molar-refractivity contribution in [3.63, 3.8) is 0 Å². The van der Waals surface area contributed by atoms with Crippen LogP contribution in [0.25, 0.3) is 0 Å². The summed E-state index contributed by atoms with van der Waals surface area (Å²) >= 11 is 0. The molecule has 0 spiro atoms. The van der Waals surface area contributed by atoms with Gasteiger partial charge in [0, 0.05) is 14.0 Å². The van der Waals surface area contributed by atoms with Crippen LogP contribution in [0, 0.1) is 0 Å². The van der Waals surface area contributed by atoms with Crippen molar-refractivity contribution < 1.29 is 19.5 Å². The summed E-state index contributed by atoms with van der Waals surface area (Å²) in [6, 6.07) is 6.53. The van der Waals surface area contributed by atoms with Crippen LogP contribution in [0.3, 0.4) is 0 Å². The number of carboxylic acids is 1. The number of benzene rings is 1. The second-order valence-corrected chi connectivity index (χ2v) is 4.98. The highest BCUT2D eigenvalue weighted by molar-refractivity contribution is 6.05. The number of carbonyl (C=O) groups excluding carboxylic acids is 2. The van der Waals surface area contributed by atoms with E-state index < -0.39 is 17.4 Å². The Bertz CT molecular complexity index is 552. The van der Waals surface area contributed by atoms with E-state index in [2.05, 4.69) is 5.32 Å². The van der Waals surface area contributed by atoms with Gasteiger partial charge < -0.3 is 15.3 Å². The smallest absolute Gasteiger partial charge is 0.328 e. The van der Waals surface area contributed by atoms with Crippen LogP contribution in [-0.4, -0.2) is 35.5 Å². The molecule has 1 aromatic rings. The van der Waals surface area contributed by atoms with Gasteiger partial charge in [-0.15, -0.1) is 0 Å². The number of para-hydroxylation sites is 1. The molecular formula is C14H18N2O4. The highest BCUT2D eigenvalue weighted by Crippen LogP contribution is 2.20. The molecule has 0 saturated carbocycles. The SMILES string of the molecule is CC(=O)N(C)c1ccccc1C(=O)NC(C)(C)C(=O)O. The number of aliphatic carboxylic acids is 1. The maximum atomic E-state index is 12.2. The highest BCUT2D eigenvalue weighted by atomic mass is 16.4. The van der Waals surface area contributed by atoms with E-state index >= 15 is 0 Å². The molecule has 0 aliphatic carbocycles. The molecule has 0 heterocycles. The summed E-state index contributed by atoms with van der Waals surface area (Å²) < 4.78 is 0. The average molecular weight is 278 g/mol. The molecular weight excluding hydrogens is 260 g/mol.